The lowest BCUT2D eigenvalue weighted by atomic mass is 10.6. The van der Waals surface area contributed by atoms with Crippen molar-refractivity contribution < 1.29 is 4.39 Å². The van der Waals surface area contributed by atoms with Crippen LogP contribution < -0.4 is 0 Å². The summed E-state index contributed by atoms with van der Waals surface area (Å²) < 4.78 is 12.4. The summed E-state index contributed by atoms with van der Waals surface area (Å²) in [6, 6.07) is 0. The highest BCUT2D eigenvalue weighted by Crippen LogP contribution is 2.09. The highest BCUT2D eigenvalue weighted by molar-refractivity contribution is 7.71. The number of aromatic nitrogens is 2. The molecule has 0 saturated heterocycles. The molecule has 0 aromatic carbocycles. The van der Waals surface area contributed by atoms with Crippen molar-refractivity contribution in [2.24, 2.45) is 0 Å². The Hall–Kier alpha value is -0.480. The van der Waals surface area contributed by atoms with E-state index in [9.17, 15) is 4.39 Å². The molecule has 1 rings (SSSR count). The van der Waals surface area contributed by atoms with E-state index in [1.165, 1.54) is 0 Å². The van der Waals surface area contributed by atoms with Gasteiger partial charge >= 0.3 is 0 Å². The third-order valence-corrected chi connectivity index (χ3v) is 1.52. The number of aromatic amines is 1. The van der Waals surface area contributed by atoms with E-state index in [2.05, 4.69) is 22.2 Å². The summed E-state index contributed by atoms with van der Waals surface area (Å²) in [5, 5.41) is -0.132. The molecule has 0 bridgehead atoms. The number of rotatable bonds is 0. The molecule has 1 N–H and O–H groups in total. The zero-order valence-electron chi connectivity index (χ0n) is 4.19. The van der Waals surface area contributed by atoms with Crippen LogP contribution in [0.5, 0.6) is 0 Å². The first kappa shape index (κ1) is 6.64. The van der Waals surface area contributed by atoms with Gasteiger partial charge < -0.3 is 4.98 Å². The summed E-state index contributed by atoms with van der Waals surface area (Å²) in [4.78, 5) is 5.69. The van der Waals surface area contributed by atoms with E-state index < -0.39 is 5.95 Å². The standard InChI is InChI=1S/C4H2ClFN2S/c5-2-3(6)7-1-8-4(2)9/h1H,(H,7,8,9). The zero-order valence-corrected chi connectivity index (χ0v) is 5.76. The smallest absolute Gasteiger partial charge is 0.214 e. The van der Waals surface area contributed by atoms with Gasteiger partial charge in [-0.05, 0) is 0 Å². The van der Waals surface area contributed by atoms with E-state index >= 15 is 0 Å². The molecule has 0 fully saturated rings. The molecule has 0 aliphatic carbocycles. The fourth-order valence-corrected chi connectivity index (χ4v) is 0.607. The zero-order chi connectivity index (χ0) is 6.85. The predicted octanol–water partition coefficient (Wildman–Crippen LogP) is 1.93. The maximum Gasteiger partial charge on any atom is 0.214 e. The van der Waals surface area contributed by atoms with Crippen LogP contribution in [0.2, 0.25) is 5.02 Å². The summed E-state index contributed by atoms with van der Waals surface area (Å²) in [5.74, 6) is -0.642. The summed E-state index contributed by atoms with van der Waals surface area (Å²) >= 11 is 9.84. The van der Waals surface area contributed by atoms with E-state index in [0.717, 1.165) is 6.33 Å². The molecular formula is C4H2ClFN2S. The van der Waals surface area contributed by atoms with Crippen LogP contribution >= 0.6 is 23.8 Å². The van der Waals surface area contributed by atoms with Crippen molar-refractivity contribution in [3.8, 4) is 0 Å². The molecule has 0 aliphatic heterocycles. The van der Waals surface area contributed by atoms with Crippen LogP contribution in [0.1, 0.15) is 0 Å². The minimum Gasteiger partial charge on any atom is -0.321 e. The first-order valence-corrected chi connectivity index (χ1v) is 2.89. The molecule has 0 spiro atoms. The van der Waals surface area contributed by atoms with Crippen molar-refractivity contribution in [2.75, 3.05) is 0 Å². The van der Waals surface area contributed by atoms with Crippen molar-refractivity contribution in [1.29, 1.82) is 0 Å². The molecule has 5 heteroatoms. The van der Waals surface area contributed by atoms with E-state index in [0.29, 0.717) is 0 Å². The molecule has 0 atom stereocenters. The van der Waals surface area contributed by atoms with Gasteiger partial charge in [0.15, 0.2) is 4.64 Å². The van der Waals surface area contributed by atoms with Gasteiger partial charge in [0.05, 0.1) is 6.33 Å². The molecule has 9 heavy (non-hydrogen) atoms. The van der Waals surface area contributed by atoms with E-state index in [-0.39, 0.29) is 9.66 Å². The van der Waals surface area contributed by atoms with Crippen LogP contribution in [-0.2, 0) is 0 Å². The summed E-state index contributed by atoms with van der Waals surface area (Å²) in [5.41, 5.74) is 0. The van der Waals surface area contributed by atoms with Gasteiger partial charge in [-0.1, -0.05) is 23.8 Å². The molecule has 1 aromatic rings. The van der Waals surface area contributed by atoms with E-state index in [4.69, 9.17) is 11.6 Å². The third kappa shape index (κ3) is 1.25. The molecule has 0 aliphatic rings. The molecular weight excluding hydrogens is 163 g/mol. The fraction of sp³-hybridized carbons (Fsp3) is 0. The normalized spacial score (nSPS) is 9.56. The Kier molecular flexibility index (Phi) is 1.78. The van der Waals surface area contributed by atoms with Crippen LogP contribution in [0.3, 0.4) is 0 Å². The van der Waals surface area contributed by atoms with Gasteiger partial charge in [-0.25, -0.2) is 4.98 Å². The van der Waals surface area contributed by atoms with Crippen molar-refractivity contribution in [1.82, 2.24) is 9.97 Å². The maximum atomic E-state index is 12.3. The Morgan fingerprint density at radius 1 is 1.78 bits per heavy atom. The number of nitrogens with one attached hydrogen (secondary N) is 1. The molecule has 0 saturated carbocycles. The average molecular weight is 165 g/mol. The largest absolute Gasteiger partial charge is 0.321 e. The molecule has 48 valence electrons. The second kappa shape index (κ2) is 2.41. The Morgan fingerprint density at radius 2 is 2.44 bits per heavy atom. The average Bonchev–Trinajstić information content (AvgIpc) is 1.83. The lowest BCUT2D eigenvalue weighted by molar-refractivity contribution is 0.579. The Morgan fingerprint density at radius 3 is 2.89 bits per heavy atom. The van der Waals surface area contributed by atoms with E-state index in [1.807, 2.05) is 0 Å². The minimum absolute atomic E-state index is 0.0768. The van der Waals surface area contributed by atoms with Gasteiger partial charge in [0.25, 0.3) is 0 Å². The molecule has 0 amide bonds. The first-order valence-electron chi connectivity index (χ1n) is 2.10. The molecule has 0 unspecified atom stereocenters. The molecule has 1 aromatic heterocycles. The lowest BCUT2D eigenvalue weighted by Crippen LogP contribution is -1.85. The van der Waals surface area contributed by atoms with Crippen LogP contribution in [0.25, 0.3) is 0 Å². The van der Waals surface area contributed by atoms with Crippen molar-refractivity contribution in [3.63, 3.8) is 0 Å². The third-order valence-electron chi connectivity index (χ3n) is 0.754. The summed E-state index contributed by atoms with van der Waals surface area (Å²) in [6.45, 7) is 0. The predicted molar refractivity (Wildman–Crippen MR) is 34.4 cm³/mol. The van der Waals surface area contributed by atoms with Gasteiger partial charge in [-0.15, -0.1) is 0 Å². The van der Waals surface area contributed by atoms with Crippen LogP contribution in [0.4, 0.5) is 4.39 Å². The number of hydrogen-bond donors (Lipinski definition) is 1. The highest BCUT2D eigenvalue weighted by atomic mass is 35.5. The first-order chi connectivity index (χ1) is 4.22. The highest BCUT2D eigenvalue weighted by Gasteiger charge is 1.98. The van der Waals surface area contributed by atoms with E-state index in [1.54, 1.807) is 0 Å². The Labute approximate surface area is 60.7 Å². The molecule has 0 radical (unpaired) electrons. The van der Waals surface area contributed by atoms with Crippen LogP contribution in [0.15, 0.2) is 6.33 Å². The maximum absolute atomic E-state index is 12.3. The Bertz CT molecular complexity index is 272. The topological polar surface area (TPSA) is 28.7 Å². The number of halogens is 2. The second-order valence-electron chi connectivity index (χ2n) is 1.34. The van der Waals surface area contributed by atoms with Crippen LogP contribution in [0, 0.1) is 10.6 Å². The van der Waals surface area contributed by atoms with Crippen molar-refractivity contribution in [2.45, 2.75) is 0 Å². The van der Waals surface area contributed by atoms with Crippen molar-refractivity contribution >= 4 is 23.8 Å². The second-order valence-corrected chi connectivity index (χ2v) is 2.10. The monoisotopic (exact) mass is 164 g/mol. The van der Waals surface area contributed by atoms with Gasteiger partial charge in [0.1, 0.15) is 5.02 Å². The number of H-pyrrole nitrogens is 1. The van der Waals surface area contributed by atoms with Crippen molar-refractivity contribution in [3.05, 3.63) is 21.9 Å². The molecule has 1 heterocycles. The quantitative estimate of drug-likeness (QED) is 0.469. The summed E-state index contributed by atoms with van der Waals surface area (Å²) in [7, 11) is 0. The fourth-order valence-electron chi connectivity index (χ4n) is 0.361. The molecule has 2 nitrogen and oxygen atoms in total. The summed E-state index contributed by atoms with van der Waals surface area (Å²) in [6.07, 6.45) is 1.16. The number of hydrogen-bond acceptors (Lipinski definition) is 2. The SMILES string of the molecule is Fc1[nH]cnc(=S)c1Cl. The Balaban J connectivity index is 3.43. The minimum atomic E-state index is -0.642. The van der Waals surface area contributed by atoms with Gasteiger partial charge in [0, 0.05) is 0 Å². The lowest BCUT2D eigenvalue weighted by Gasteiger charge is -1.89. The van der Waals surface area contributed by atoms with Gasteiger partial charge in [0.2, 0.25) is 5.95 Å². The van der Waals surface area contributed by atoms with Gasteiger partial charge in [-0.3, -0.25) is 0 Å². The van der Waals surface area contributed by atoms with Crippen LogP contribution in [-0.4, -0.2) is 9.97 Å². The number of nitrogens with zero attached hydrogens (tertiary/aromatic N) is 1. The van der Waals surface area contributed by atoms with Gasteiger partial charge in [-0.2, -0.15) is 4.39 Å².